The summed E-state index contributed by atoms with van der Waals surface area (Å²) in [5.41, 5.74) is -0.127. The number of halogens is 1. The number of nitrogens with one attached hydrogen (secondary N) is 1. The second-order valence-corrected chi connectivity index (χ2v) is 5.94. The molecule has 2 aromatic rings. The van der Waals surface area contributed by atoms with Crippen molar-refractivity contribution < 1.29 is 27.4 Å². The molecule has 0 aliphatic heterocycles. The first-order valence-corrected chi connectivity index (χ1v) is 7.51. The van der Waals surface area contributed by atoms with Gasteiger partial charge in [-0.2, -0.15) is 0 Å². The van der Waals surface area contributed by atoms with Gasteiger partial charge in [-0.1, -0.05) is 0 Å². The number of ether oxygens (including phenoxy) is 1. The summed E-state index contributed by atoms with van der Waals surface area (Å²) in [5, 5.41) is 8.86. The Kier molecular flexibility index (Phi) is 4.32. The largest absolute Gasteiger partial charge is 0.497 e. The summed E-state index contributed by atoms with van der Waals surface area (Å²) in [6.07, 6.45) is 0. The van der Waals surface area contributed by atoms with Crippen molar-refractivity contribution in [2.45, 2.75) is 4.90 Å². The average molecular weight is 325 g/mol. The van der Waals surface area contributed by atoms with Crippen molar-refractivity contribution in [2.24, 2.45) is 0 Å². The van der Waals surface area contributed by atoms with Crippen molar-refractivity contribution in [2.75, 3.05) is 11.8 Å². The summed E-state index contributed by atoms with van der Waals surface area (Å²) < 4.78 is 45.2. The zero-order valence-corrected chi connectivity index (χ0v) is 12.2. The molecule has 2 aromatic carbocycles. The van der Waals surface area contributed by atoms with Crippen LogP contribution in [0, 0.1) is 5.82 Å². The zero-order valence-electron chi connectivity index (χ0n) is 11.4. The lowest BCUT2D eigenvalue weighted by atomic mass is 10.2. The molecule has 0 heterocycles. The third-order valence-corrected chi connectivity index (χ3v) is 4.21. The van der Waals surface area contributed by atoms with Crippen LogP contribution in [0.2, 0.25) is 0 Å². The minimum atomic E-state index is -4.25. The van der Waals surface area contributed by atoms with Gasteiger partial charge in [-0.3, -0.25) is 4.72 Å². The molecule has 0 aromatic heterocycles. The molecule has 0 aliphatic carbocycles. The number of carbonyl (C=O) groups is 1. The first kappa shape index (κ1) is 15.8. The van der Waals surface area contributed by atoms with Crippen molar-refractivity contribution >= 4 is 21.7 Å². The van der Waals surface area contributed by atoms with E-state index in [0.717, 1.165) is 18.2 Å². The van der Waals surface area contributed by atoms with Gasteiger partial charge in [0, 0.05) is 5.69 Å². The molecular formula is C14H12FNO5S. The minimum absolute atomic E-state index is 0.195. The van der Waals surface area contributed by atoms with Gasteiger partial charge >= 0.3 is 5.97 Å². The van der Waals surface area contributed by atoms with Crippen LogP contribution in [0.3, 0.4) is 0 Å². The number of anilines is 1. The van der Waals surface area contributed by atoms with Gasteiger partial charge in [0.2, 0.25) is 0 Å². The molecule has 0 saturated carbocycles. The number of hydrogen-bond donors (Lipinski definition) is 2. The van der Waals surface area contributed by atoms with Gasteiger partial charge in [0.1, 0.15) is 16.5 Å². The van der Waals surface area contributed by atoms with Crippen molar-refractivity contribution in [1.82, 2.24) is 0 Å². The maximum atomic E-state index is 13.7. The number of carboxylic acids is 1. The summed E-state index contributed by atoms with van der Waals surface area (Å²) >= 11 is 0. The molecule has 0 saturated heterocycles. The summed E-state index contributed by atoms with van der Waals surface area (Å²) in [6, 6.07) is 8.49. The van der Waals surface area contributed by atoms with Gasteiger partial charge in [-0.15, -0.1) is 0 Å². The Bertz CT molecular complexity index is 802. The van der Waals surface area contributed by atoms with E-state index in [1.807, 2.05) is 0 Å². The smallest absolute Gasteiger partial charge is 0.335 e. The van der Waals surface area contributed by atoms with E-state index < -0.39 is 26.7 Å². The molecule has 116 valence electrons. The number of carboxylic acid groups (broad SMARTS) is 1. The molecule has 0 atom stereocenters. The Morgan fingerprint density at radius 1 is 1.18 bits per heavy atom. The molecule has 0 spiro atoms. The number of aromatic carboxylic acids is 1. The van der Waals surface area contributed by atoms with E-state index in [0.29, 0.717) is 5.75 Å². The molecule has 2 N–H and O–H groups in total. The predicted octanol–water partition coefficient (Wildman–Crippen LogP) is 2.33. The van der Waals surface area contributed by atoms with Crippen LogP contribution in [0.5, 0.6) is 5.75 Å². The molecule has 6 nitrogen and oxygen atoms in total. The fourth-order valence-electron chi connectivity index (χ4n) is 1.71. The van der Waals surface area contributed by atoms with Gasteiger partial charge in [-0.05, 0) is 42.5 Å². The maximum Gasteiger partial charge on any atom is 0.335 e. The van der Waals surface area contributed by atoms with Crippen molar-refractivity contribution in [1.29, 1.82) is 0 Å². The minimum Gasteiger partial charge on any atom is -0.497 e. The molecule has 0 unspecified atom stereocenters. The van der Waals surface area contributed by atoms with Crippen molar-refractivity contribution in [3.8, 4) is 5.75 Å². The molecule has 0 bridgehead atoms. The van der Waals surface area contributed by atoms with Crippen LogP contribution >= 0.6 is 0 Å². The first-order valence-electron chi connectivity index (χ1n) is 6.03. The van der Waals surface area contributed by atoms with Crippen LogP contribution in [0.25, 0.3) is 0 Å². The number of rotatable bonds is 5. The lowest BCUT2D eigenvalue weighted by Crippen LogP contribution is -2.15. The molecule has 2 rings (SSSR count). The SMILES string of the molecule is COc1ccc(NS(=O)(=O)c2cc(C(=O)O)ccc2F)cc1. The van der Waals surface area contributed by atoms with E-state index in [9.17, 15) is 17.6 Å². The topological polar surface area (TPSA) is 92.7 Å². The normalized spacial score (nSPS) is 11.0. The number of benzene rings is 2. The second kappa shape index (κ2) is 6.02. The molecule has 0 aliphatic rings. The molecule has 0 radical (unpaired) electrons. The summed E-state index contributed by atoms with van der Waals surface area (Å²) in [4.78, 5) is 10.1. The number of sulfonamides is 1. The van der Waals surface area contributed by atoms with Crippen LogP contribution in [-0.2, 0) is 10.0 Å². The van der Waals surface area contributed by atoms with Crippen molar-refractivity contribution in [3.05, 3.63) is 53.8 Å². The fourth-order valence-corrected chi connectivity index (χ4v) is 2.87. The highest BCUT2D eigenvalue weighted by Crippen LogP contribution is 2.22. The lowest BCUT2D eigenvalue weighted by Gasteiger charge is -2.10. The predicted molar refractivity (Wildman–Crippen MR) is 77.2 cm³/mol. The standard InChI is InChI=1S/C14H12FNO5S/c1-21-11-5-3-10(4-6-11)16-22(19,20)13-8-9(14(17)18)2-7-12(13)15/h2-8,16H,1H3,(H,17,18). The van der Waals surface area contributed by atoms with Gasteiger partial charge in [0.05, 0.1) is 12.7 Å². The van der Waals surface area contributed by atoms with Gasteiger partial charge < -0.3 is 9.84 Å². The van der Waals surface area contributed by atoms with Gasteiger partial charge in [0.25, 0.3) is 10.0 Å². The summed E-state index contributed by atoms with van der Waals surface area (Å²) in [6.45, 7) is 0. The maximum absolute atomic E-state index is 13.7. The Labute approximate surface area is 126 Å². The Hall–Kier alpha value is -2.61. The quantitative estimate of drug-likeness (QED) is 0.880. The van der Waals surface area contributed by atoms with E-state index >= 15 is 0 Å². The lowest BCUT2D eigenvalue weighted by molar-refractivity contribution is 0.0696. The van der Waals surface area contributed by atoms with E-state index in [1.54, 1.807) is 0 Å². The third-order valence-electron chi connectivity index (χ3n) is 2.81. The van der Waals surface area contributed by atoms with Crippen LogP contribution in [0.1, 0.15) is 10.4 Å². The van der Waals surface area contributed by atoms with Gasteiger partial charge in [0.15, 0.2) is 0 Å². The number of hydrogen-bond acceptors (Lipinski definition) is 4. The number of methoxy groups -OCH3 is 1. The molecule has 0 amide bonds. The Balaban J connectivity index is 2.37. The van der Waals surface area contributed by atoms with Crippen LogP contribution in [-0.4, -0.2) is 26.6 Å². The van der Waals surface area contributed by atoms with Crippen LogP contribution in [0.15, 0.2) is 47.4 Å². The van der Waals surface area contributed by atoms with Crippen LogP contribution < -0.4 is 9.46 Å². The van der Waals surface area contributed by atoms with E-state index in [2.05, 4.69) is 4.72 Å². The summed E-state index contributed by atoms with van der Waals surface area (Å²) in [5.74, 6) is -1.85. The van der Waals surface area contributed by atoms with E-state index in [1.165, 1.54) is 31.4 Å². The molecular weight excluding hydrogens is 313 g/mol. The highest BCUT2D eigenvalue weighted by Gasteiger charge is 2.21. The second-order valence-electron chi connectivity index (χ2n) is 4.28. The third kappa shape index (κ3) is 3.34. The molecule has 22 heavy (non-hydrogen) atoms. The van der Waals surface area contributed by atoms with Crippen molar-refractivity contribution in [3.63, 3.8) is 0 Å². The highest BCUT2D eigenvalue weighted by molar-refractivity contribution is 7.92. The average Bonchev–Trinajstić information content (AvgIpc) is 2.47. The molecule has 8 heteroatoms. The summed E-state index contributed by atoms with van der Waals surface area (Å²) in [7, 11) is -2.78. The highest BCUT2D eigenvalue weighted by atomic mass is 32.2. The van der Waals surface area contributed by atoms with Gasteiger partial charge in [-0.25, -0.2) is 17.6 Å². The Morgan fingerprint density at radius 2 is 1.82 bits per heavy atom. The zero-order chi connectivity index (χ0) is 16.3. The monoisotopic (exact) mass is 325 g/mol. The Morgan fingerprint density at radius 3 is 2.36 bits per heavy atom. The van der Waals surface area contributed by atoms with E-state index in [4.69, 9.17) is 9.84 Å². The first-order chi connectivity index (χ1) is 10.3. The fraction of sp³-hybridized carbons (Fsp3) is 0.0714. The molecule has 0 fully saturated rings. The van der Waals surface area contributed by atoms with Crippen LogP contribution in [0.4, 0.5) is 10.1 Å². The van der Waals surface area contributed by atoms with E-state index in [-0.39, 0.29) is 11.3 Å².